The molecule has 4 nitrogen and oxygen atoms in total. The van der Waals surface area contributed by atoms with Crippen LogP contribution in [0.2, 0.25) is 0 Å². The SMILES string of the molecule is Nc1csc(S(=O)(=O)Nc2ccc(F)cc2I)c1. The predicted molar refractivity (Wildman–Crippen MR) is 78.7 cm³/mol. The third-order valence-electron chi connectivity index (χ3n) is 2.04. The molecule has 0 bridgehead atoms. The van der Waals surface area contributed by atoms with Gasteiger partial charge in [-0.1, -0.05) is 0 Å². The molecule has 1 aromatic carbocycles. The number of nitrogens with one attached hydrogen (secondary N) is 1. The van der Waals surface area contributed by atoms with Gasteiger partial charge in [0.25, 0.3) is 10.0 Å². The van der Waals surface area contributed by atoms with E-state index in [1.165, 1.54) is 24.3 Å². The third-order valence-corrected chi connectivity index (χ3v) is 5.75. The first-order chi connectivity index (χ1) is 8.38. The monoisotopic (exact) mass is 398 g/mol. The summed E-state index contributed by atoms with van der Waals surface area (Å²) in [6.07, 6.45) is 0. The van der Waals surface area contributed by atoms with Crippen molar-refractivity contribution in [2.45, 2.75) is 4.21 Å². The fourth-order valence-corrected chi connectivity index (χ4v) is 4.19. The molecule has 0 aliphatic rings. The third kappa shape index (κ3) is 2.93. The molecule has 0 amide bonds. The fraction of sp³-hybridized carbons (Fsp3) is 0. The van der Waals surface area contributed by atoms with Crippen LogP contribution >= 0.6 is 33.9 Å². The highest BCUT2D eigenvalue weighted by atomic mass is 127. The topological polar surface area (TPSA) is 72.2 Å². The number of halogens is 2. The number of nitrogens with two attached hydrogens (primary N) is 1. The quantitative estimate of drug-likeness (QED) is 0.782. The van der Waals surface area contributed by atoms with Crippen LogP contribution in [0.15, 0.2) is 33.9 Å². The number of hydrogen-bond acceptors (Lipinski definition) is 4. The van der Waals surface area contributed by atoms with Crippen LogP contribution in [-0.4, -0.2) is 8.42 Å². The molecular formula is C10H8FIN2O2S2. The molecule has 1 aromatic heterocycles. The molecule has 0 aliphatic heterocycles. The minimum Gasteiger partial charge on any atom is -0.398 e. The van der Waals surface area contributed by atoms with E-state index in [0.717, 1.165) is 11.3 Å². The van der Waals surface area contributed by atoms with Crippen LogP contribution in [0.3, 0.4) is 0 Å². The molecule has 96 valence electrons. The molecule has 0 radical (unpaired) electrons. The minimum atomic E-state index is -3.67. The van der Waals surface area contributed by atoms with Gasteiger partial charge >= 0.3 is 0 Å². The molecular weight excluding hydrogens is 390 g/mol. The highest BCUT2D eigenvalue weighted by Crippen LogP contribution is 2.26. The van der Waals surface area contributed by atoms with Crippen LogP contribution in [0, 0.1) is 9.39 Å². The number of sulfonamides is 1. The Morgan fingerprint density at radius 2 is 2.06 bits per heavy atom. The molecule has 0 spiro atoms. The average molecular weight is 398 g/mol. The molecule has 18 heavy (non-hydrogen) atoms. The van der Waals surface area contributed by atoms with Crippen molar-refractivity contribution in [3.05, 3.63) is 39.0 Å². The van der Waals surface area contributed by atoms with E-state index in [-0.39, 0.29) is 4.21 Å². The van der Waals surface area contributed by atoms with Gasteiger partial charge in [-0.25, -0.2) is 12.8 Å². The summed E-state index contributed by atoms with van der Waals surface area (Å²) >= 11 is 2.90. The summed E-state index contributed by atoms with van der Waals surface area (Å²) in [5.41, 5.74) is 6.22. The summed E-state index contributed by atoms with van der Waals surface area (Å²) in [6, 6.07) is 5.21. The number of thiophene rings is 1. The Hall–Kier alpha value is -0.870. The number of benzene rings is 1. The van der Waals surface area contributed by atoms with E-state index in [9.17, 15) is 12.8 Å². The summed E-state index contributed by atoms with van der Waals surface area (Å²) in [4.78, 5) is 0. The van der Waals surface area contributed by atoms with Crippen LogP contribution < -0.4 is 10.5 Å². The zero-order valence-corrected chi connectivity index (χ0v) is 12.6. The van der Waals surface area contributed by atoms with Gasteiger partial charge in [0, 0.05) is 14.6 Å². The van der Waals surface area contributed by atoms with Crippen LogP contribution in [-0.2, 0) is 10.0 Å². The van der Waals surface area contributed by atoms with Crippen molar-refractivity contribution < 1.29 is 12.8 Å². The van der Waals surface area contributed by atoms with E-state index in [0.29, 0.717) is 14.9 Å². The molecule has 3 N–H and O–H groups in total. The normalized spacial score (nSPS) is 11.4. The Morgan fingerprint density at radius 3 is 2.61 bits per heavy atom. The van der Waals surface area contributed by atoms with Crippen LogP contribution in [0.4, 0.5) is 15.8 Å². The van der Waals surface area contributed by atoms with Crippen molar-refractivity contribution in [2.24, 2.45) is 0 Å². The van der Waals surface area contributed by atoms with Crippen molar-refractivity contribution >= 4 is 55.3 Å². The van der Waals surface area contributed by atoms with Crippen LogP contribution in [0.5, 0.6) is 0 Å². The summed E-state index contributed by atoms with van der Waals surface area (Å²) in [6.45, 7) is 0. The lowest BCUT2D eigenvalue weighted by molar-refractivity contribution is 0.603. The zero-order valence-electron chi connectivity index (χ0n) is 8.85. The second-order valence-electron chi connectivity index (χ2n) is 3.43. The predicted octanol–water partition coefficient (Wildman–Crippen LogP) is 2.87. The summed E-state index contributed by atoms with van der Waals surface area (Å²) < 4.78 is 39.9. The van der Waals surface area contributed by atoms with Crippen LogP contribution in [0.25, 0.3) is 0 Å². The summed E-state index contributed by atoms with van der Waals surface area (Å²) in [5, 5.41) is 1.55. The van der Waals surface area contributed by atoms with Crippen molar-refractivity contribution in [3.63, 3.8) is 0 Å². The molecule has 1 heterocycles. The molecule has 0 saturated heterocycles. The molecule has 0 aliphatic carbocycles. The average Bonchev–Trinajstić information content (AvgIpc) is 2.70. The smallest absolute Gasteiger partial charge is 0.271 e. The molecule has 0 saturated carbocycles. The lowest BCUT2D eigenvalue weighted by atomic mass is 10.3. The Bertz CT molecular complexity index is 685. The second-order valence-corrected chi connectivity index (χ2v) is 7.41. The minimum absolute atomic E-state index is 0.125. The maximum Gasteiger partial charge on any atom is 0.271 e. The van der Waals surface area contributed by atoms with Gasteiger partial charge in [-0.2, -0.15) is 0 Å². The van der Waals surface area contributed by atoms with Crippen molar-refractivity contribution in [2.75, 3.05) is 10.5 Å². The van der Waals surface area contributed by atoms with Gasteiger partial charge in [-0.3, -0.25) is 4.72 Å². The van der Waals surface area contributed by atoms with Gasteiger partial charge in [0.1, 0.15) is 10.0 Å². The van der Waals surface area contributed by atoms with E-state index in [1.54, 1.807) is 5.38 Å². The number of anilines is 2. The van der Waals surface area contributed by atoms with E-state index < -0.39 is 15.8 Å². The van der Waals surface area contributed by atoms with Gasteiger partial charge in [0.15, 0.2) is 0 Å². The van der Waals surface area contributed by atoms with E-state index in [4.69, 9.17) is 5.73 Å². The van der Waals surface area contributed by atoms with Gasteiger partial charge in [0.2, 0.25) is 0 Å². The van der Waals surface area contributed by atoms with Gasteiger partial charge in [-0.05, 0) is 46.9 Å². The van der Waals surface area contributed by atoms with Gasteiger partial charge in [0.05, 0.1) is 5.69 Å². The van der Waals surface area contributed by atoms with E-state index in [1.807, 2.05) is 22.6 Å². The van der Waals surface area contributed by atoms with Gasteiger partial charge < -0.3 is 5.73 Å². The zero-order chi connectivity index (χ0) is 13.3. The second kappa shape index (κ2) is 5.02. The van der Waals surface area contributed by atoms with E-state index in [2.05, 4.69) is 4.72 Å². The molecule has 2 aromatic rings. The Morgan fingerprint density at radius 1 is 1.33 bits per heavy atom. The Balaban J connectivity index is 2.33. The first-order valence-electron chi connectivity index (χ1n) is 4.70. The lowest BCUT2D eigenvalue weighted by Gasteiger charge is -2.08. The molecule has 0 unspecified atom stereocenters. The van der Waals surface area contributed by atoms with Crippen molar-refractivity contribution in [1.29, 1.82) is 0 Å². The maximum atomic E-state index is 12.9. The highest BCUT2D eigenvalue weighted by Gasteiger charge is 2.17. The fourth-order valence-electron chi connectivity index (χ4n) is 1.24. The summed E-state index contributed by atoms with van der Waals surface area (Å²) in [5.74, 6) is -0.414. The molecule has 0 fully saturated rings. The van der Waals surface area contributed by atoms with Gasteiger partial charge in [-0.15, -0.1) is 11.3 Å². The van der Waals surface area contributed by atoms with Crippen molar-refractivity contribution in [3.8, 4) is 0 Å². The summed E-state index contributed by atoms with van der Waals surface area (Å²) in [7, 11) is -3.67. The first-order valence-corrected chi connectivity index (χ1v) is 8.14. The molecule has 0 atom stereocenters. The maximum absolute atomic E-state index is 12.9. The molecule has 2 rings (SSSR count). The molecule has 8 heteroatoms. The Kier molecular flexibility index (Phi) is 3.78. The lowest BCUT2D eigenvalue weighted by Crippen LogP contribution is -2.12. The highest BCUT2D eigenvalue weighted by molar-refractivity contribution is 14.1. The standard InChI is InChI=1S/C10H8FIN2O2S2/c11-6-1-2-9(8(12)3-6)14-18(15,16)10-4-7(13)5-17-10/h1-5,14H,13H2. The Labute approximate surface area is 121 Å². The number of hydrogen-bond donors (Lipinski definition) is 2. The number of nitrogen functional groups attached to an aromatic ring is 1. The largest absolute Gasteiger partial charge is 0.398 e. The van der Waals surface area contributed by atoms with E-state index >= 15 is 0 Å². The number of rotatable bonds is 3. The van der Waals surface area contributed by atoms with Crippen LogP contribution in [0.1, 0.15) is 0 Å². The first kappa shape index (κ1) is 13.6. The van der Waals surface area contributed by atoms with Crippen molar-refractivity contribution in [1.82, 2.24) is 0 Å².